The maximum atomic E-state index is 12.3. The molecule has 2 unspecified atom stereocenters. The first-order valence-corrected chi connectivity index (χ1v) is 8.09. The molecule has 0 spiro atoms. The number of carbonyl (C=O) groups excluding carboxylic acids is 1. The Morgan fingerprint density at radius 1 is 1.26 bits per heavy atom. The van der Waals surface area contributed by atoms with Crippen LogP contribution in [0.1, 0.15) is 42.5 Å². The van der Waals surface area contributed by atoms with Gasteiger partial charge in [0.2, 0.25) is 0 Å². The second-order valence-corrected chi connectivity index (χ2v) is 6.63. The van der Waals surface area contributed by atoms with Crippen molar-refractivity contribution in [2.75, 3.05) is 0 Å². The van der Waals surface area contributed by atoms with Crippen LogP contribution in [0.15, 0.2) is 22.7 Å². The van der Waals surface area contributed by atoms with Gasteiger partial charge in [0.25, 0.3) is 5.91 Å². The van der Waals surface area contributed by atoms with Crippen LogP contribution in [0.25, 0.3) is 0 Å². The predicted octanol–water partition coefficient (Wildman–Crippen LogP) is 4.77. The Bertz CT molecular complexity index is 467. The Balaban J connectivity index is 2.09. The van der Waals surface area contributed by atoms with Gasteiger partial charge in [0.1, 0.15) is 0 Å². The van der Waals surface area contributed by atoms with E-state index in [2.05, 4.69) is 21.2 Å². The maximum Gasteiger partial charge on any atom is 0.253 e. The van der Waals surface area contributed by atoms with Crippen LogP contribution < -0.4 is 5.32 Å². The smallest absolute Gasteiger partial charge is 0.253 e. The van der Waals surface area contributed by atoms with Gasteiger partial charge in [0, 0.05) is 10.5 Å². The Morgan fingerprint density at radius 3 is 2.79 bits per heavy atom. The van der Waals surface area contributed by atoms with E-state index >= 15 is 0 Å². The van der Waals surface area contributed by atoms with E-state index in [4.69, 9.17) is 23.2 Å². The highest BCUT2D eigenvalue weighted by Gasteiger charge is 2.24. The topological polar surface area (TPSA) is 29.1 Å². The predicted molar refractivity (Wildman–Crippen MR) is 83.1 cm³/mol. The lowest BCUT2D eigenvalue weighted by molar-refractivity contribution is 0.0934. The molecule has 1 amide bonds. The molecule has 19 heavy (non-hydrogen) atoms. The third kappa shape index (κ3) is 3.87. The minimum atomic E-state index is -0.149. The Hall–Kier alpha value is -0.250. The number of benzene rings is 1. The number of nitrogens with one attached hydrogen (secondary N) is 1. The molecular weight excluding hydrogens is 349 g/mol. The highest BCUT2D eigenvalue weighted by molar-refractivity contribution is 9.10. The largest absolute Gasteiger partial charge is 0.348 e. The Kier molecular flexibility index (Phi) is 5.55. The van der Waals surface area contributed by atoms with Crippen LogP contribution in [-0.2, 0) is 0 Å². The highest BCUT2D eigenvalue weighted by Crippen LogP contribution is 2.27. The van der Waals surface area contributed by atoms with E-state index in [1.807, 2.05) is 6.07 Å². The number of hydrogen-bond acceptors (Lipinski definition) is 1. The molecule has 0 saturated heterocycles. The van der Waals surface area contributed by atoms with Crippen LogP contribution in [-0.4, -0.2) is 17.3 Å². The van der Waals surface area contributed by atoms with E-state index in [0.29, 0.717) is 10.6 Å². The molecule has 0 aromatic heterocycles. The van der Waals surface area contributed by atoms with Gasteiger partial charge in [-0.3, -0.25) is 4.79 Å². The molecule has 1 saturated carbocycles. The minimum absolute atomic E-state index is 0.0115. The molecule has 0 bridgehead atoms. The average molecular weight is 365 g/mol. The summed E-state index contributed by atoms with van der Waals surface area (Å²) < 4.78 is 0.727. The number of alkyl halides is 1. The van der Waals surface area contributed by atoms with Crippen LogP contribution in [0.4, 0.5) is 0 Å². The first kappa shape index (κ1) is 15.1. The van der Waals surface area contributed by atoms with Gasteiger partial charge in [0.15, 0.2) is 0 Å². The molecule has 0 aliphatic heterocycles. The zero-order valence-corrected chi connectivity index (χ0v) is 13.6. The Morgan fingerprint density at radius 2 is 2.00 bits per heavy atom. The average Bonchev–Trinajstić information content (AvgIpc) is 2.58. The van der Waals surface area contributed by atoms with Crippen LogP contribution in [0.2, 0.25) is 5.02 Å². The summed E-state index contributed by atoms with van der Waals surface area (Å²) in [7, 11) is 0. The molecule has 0 radical (unpaired) electrons. The fourth-order valence-corrected chi connectivity index (χ4v) is 3.27. The quantitative estimate of drug-likeness (QED) is 0.594. The summed E-state index contributed by atoms with van der Waals surface area (Å²) in [6.45, 7) is 0. The second-order valence-electron chi connectivity index (χ2n) is 4.84. The van der Waals surface area contributed by atoms with Crippen LogP contribution in [0.3, 0.4) is 0 Å². The van der Waals surface area contributed by atoms with Gasteiger partial charge in [-0.2, -0.15) is 0 Å². The summed E-state index contributed by atoms with van der Waals surface area (Å²) in [5.41, 5.74) is 0.490. The number of rotatable bonds is 2. The molecule has 1 aliphatic rings. The van der Waals surface area contributed by atoms with Gasteiger partial charge in [-0.05, 0) is 40.9 Å². The lowest BCUT2D eigenvalue weighted by Gasteiger charge is -2.21. The third-order valence-electron chi connectivity index (χ3n) is 3.44. The van der Waals surface area contributed by atoms with Gasteiger partial charge in [-0.25, -0.2) is 0 Å². The van der Waals surface area contributed by atoms with Gasteiger partial charge in [-0.1, -0.05) is 36.9 Å². The normalized spacial score (nSPS) is 23.7. The summed E-state index contributed by atoms with van der Waals surface area (Å²) in [6, 6.07) is 5.37. The van der Waals surface area contributed by atoms with Gasteiger partial charge in [0.05, 0.1) is 16.0 Å². The van der Waals surface area contributed by atoms with Crippen molar-refractivity contribution in [1.29, 1.82) is 0 Å². The molecule has 5 heteroatoms. The number of carbonyl (C=O) groups is 1. The first-order valence-electron chi connectivity index (χ1n) is 6.48. The van der Waals surface area contributed by atoms with Crippen molar-refractivity contribution in [2.24, 2.45) is 0 Å². The number of amides is 1. The molecule has 0 heterocycles. The third-order valence-corrected chi connectivity index (χ3v) is 5.26. The van der Waals surface area contributed by atoms with E-state index in [0.717, 1.165) is 30.2 Å². The number of hydrogen-bond donors (Lipinski definition) is 1. The Labute approximate surface area is 132 Å². The van der Waals surface area contributed by atoms with Gasteiger partial charge in [-0.15, -0.1) is 11.6 Å². The summed E-state index contributed by atoms with van der Waals surface area (Å²) in [5.74, 6) is -0.149. The molecule has 2 rings (SSSR count). The van der Waals surface area contributed by atoms with Crippen LogP contribution >= 0.6 is 39.1 Å². The molecule has 104 valence electrons. The van der Waals surface area contributed by atoms with Crippen molar-refractivity contribution < 1.29 is 4.79 Å². The lowest BCUT2D eigenvalue weighted by atomic mass is 10.1. The van der Waals surface area contributed by atoms with Crippen molar-refractivity contribution in [3.8, 4) is 0 Å². The van der Waals surface area contributed by atoms with E-state index in [-0.39, 0.29) is 17.3 Å². The molecule has 1 aliphatic carbocycles. The fraction of sp³-hybridized carbons (Fsp3) is 0.500. The molecule has 1 aromatic rings. The van der Waals surface area contributed by atoms with Crippen LogP contribution in [0, 0.1) is 0 Å². The SMILES string of the molecule is O=C(NC1CCCCCC1Cl)c1cccc(Br)c1Cl. The van der Waals surface area contributed by atoms with Gasteiger partial charge >= 0.3 is 0 Å². The van der Waals surface area contributed by atoms with Gasteiger partial charge < -0.3 is 5.32 Å². The minimum Gasteiger partial charge on any atom is -0.348 e. The summed E-state index contributed by atoms with van der Waals surface area (Å²) in [4.78, 5) is 12.3. The van der Waals surface area contributed by atoms with Crippen molar-refractivity contribution in [1.82, 2.24) is 5.32 Å². The molecule has 2 atom stereocenters. The first-order chi connectivity index (χ1) is 9.09. The summed E-state index contributed by atoms with van der Waals surface area (Å²) in [6.07, 6.45) is 5.33. The number of halogens is 3. The standard InChI is InChI=1S/C14H16BrCl2NO/c15-10-6-4-5-9(13(10)17)14(19)18-12-8-3-1-2-7-11(12)16/h4-6,11-12H,1-3,7-8H2,(H,18,19). The maximum absolute atomic E-state index is 12.3. The van der Waals surface area contributed by atoms with E-state index in [1.165, 1.54) is 6.42 Å². The van der Waals surface area contributed by atoms with E-state index < -0.39 is 0 Å². The molecule has 1 fully saturated rings. The van der Waals surface area contributed by atoms with E-state index in [1.54, 1.807) is 12.1 Å². The summed E-state index contributed by atoms with van der Waals surface area (Å²) in [5, 5.41) is 3.47. The monoisotopic (exact) mass is 363 g/mol. The molecule has 2 nitrogen and oxygen atoms in total. The fourth-order valence-electron chi connectivity index (χ4n) is 2.35. The zero-order valence-electron chi connectivity index (χ0n) is 10.5. The molecule has 1 N–H and O–H groups in total. The van der Waals surface area contributed by atoms with Crippen molar-refractivity contribution in [2.45, 2.75) is 43.5 Å². The van der Waals surface area contributed by atoms with Crippen LogP contribution in [0.5, 0.6) is 0 Å². The zero-order chi connectivity index (χ0) is 13.8. The van der Waals surface area contributed by atoms with Crippen molar-refractivity contribution in [3.63, 3.8) is 0 Å². The van der Waals surface area contributed by atoms with E-state index in [9.17, 15) is 4.79 Å². The summed E-state index contributed by atoms with van der Waals surface area (Å²) >= 11 is 15.8. The highest BCUT2D eigenvalue weighted by atomic mass is 79.9. The second kappa shape index (κ2) is 6.96. The van der Waals surface area contributed by atoms with Crippen molar-refractivity contribution in [3.05, 3.63) is 33.3 Å². The lowest BCUT2D eigenvalue weighted by Crippen LogP contribution is -2.40. The van der Waals surface area contributed by atoms with Crippen molar-refractivity contribution >= 4 is 45.0 Å². The molecular formula is C14H16BrCl2NO. The molecule has 1 aromatic carbocycles.